The van der Waals surface area contributed by atoms with Crippen molar-refractivity contribution in [1.29, 1.82) is 0 Å². The molecule has 2 aromatic rings. The summed E-state index contributed by atoms with van der Waals surface area (Å²) in [5, 5.41) is 0.321. The van der Waals surface area contributed by atoms with Gasteiger partial charge in [-0.05, 0) is 6.07 Å². The second kappa shape index (κ2) is 2.62. The third-order valence-corrected chi connectivity index (χ3v) is 1.71. The normalized spacial score (nSPS) is 10.6. The zero-order chi connectivity index (χ0) is 9.42. The van der Waals surface area contributed by atoms with Gasteiger partial charge in [-0.3, -0.25) is 0 Å². The van der Waals surface area contributed by atoms with Crippen LogP contribution in [0.15, 0.2) is 18.5 Å². The van der Waals surface area contributed by atoms with Crippen LogP contribution in [0.3, 0.4) is 0 Å². The molecule has 0 spiro atoms. The average Bonchev–Trinajstić information content (AvgIpc) is 2.09. The molecule has 0 fully saturated rings. The number of aromatic nitrogens is 2. The molecule has 0 saturated heterocycles. The van der Waals surface area contributed by atoms with Gasteiger partial charge in [0.05, 0.1) is 5.52 Å². The SMILES string of the molecule is Nc1ncnc2cc(F)c(F)cc12. The summed E-state index contributed by atoms with van der Waals surface area (Å²) in [7, 11) is 0. The fourth-order valence-electron chi connectivity index (χ4n) is 1.07. The Morgan fingerprint density at radius 2 is 1.77 bits per heavy atom. The fourth-order valence-corrected chi connectivity index (χ4v) is 1.07. The summed E-state index contributed by atoms with van der Waals surface area (Å²) in [4.78, 5) is 7.40. The number of nitrogen functional groups attached to an aromatic ring is 1. The van der Waals surface area contributed by atoms with Gasteiger partial charge in [-0.15, -0.1) is 0 Å². The van der Waals surface area contributed by atoms with Crippen LogP contribution in [0.4, 0.5) is 14.6 Å². The number of fused-ring (bicyclic) bond motifs is 1. The second-order valence-corrected chi connectivity index (χ2v) is 2.54. The molecule has 0 bridgehead atoms. The third kappa shape index (κ3) is 1.18. The Morgan fingerprint density at radius 3 is 2.54 bits per heavy atom. The van der Waals surface area contributed by atoms with Crippen LogP contribution in [0.5, 0.6) is 0 Å². The van der Waals surface area contributed by atoms with E-state index in [2.05, 4.69) is 9.97 Å². The molecule has 13 heavy (non-hydrogen) atoms. The van der Waals surface area contributed by atoms with E-state index in [4.69, 9.17) is 5.73 Å². The first kappa shape index (κ1) is 7.85. The lowest BCUT2D eigenvalue weighted by molar-refractivity contribution is 0.510. The van der Waals surface area contributed by atoms with Gasteiger partial charge in [0.2, 0.25) is 0 Å². The van der Waals surface area contributed by atoms with E-state index in [-0.39, 0.29) is 5.82 Å². The molecule has 66 valence electrons. The van der Waals surface area contributed by atoms with Crippen LogP contribution in [0.2, 0.25) is 0 Å². The molecule has 1 aromatic carbocycles. The summed E-state index contributed by atoms with van der Waals surface area (Å²) in [6, 6.07) is 1.97. The van der Waals surface area contributed by atoms with E-state index < -0.39 is 11.6 Å². The maximum atomic E-state index is 12.7. The van der Waals surface area contributed by atoms with Crippen molar-refractivity contribution < 1.29 is 8.78 Å². The summed E-state index contributed by atoms with van der Waals surface area (Å²) in [6.07, 6.45) is 1.20. The van der Waals surface area contributed by atoms with E-state index in [9.17, 15) is 8.78 Å². The lowest BCUT2D eigenvalue weighted by atomic mass is 10.2. The summed E-state index contributed by atoms with van der Waals surface area (Å²) in [5.41, 5.74) is 5.73. The predicted octanol–water partition coefficient (Wildman–Crippen LogP) is 1.49. The molecule has 0 aliphatic carbocycles. The predicted molar refractivity (Wildman–Crippen MR) is 43.9 cm³/mol. The molecule has 2 N–H and O–H groups in total. The molecule has 0 aliphatic heterocycles. The van der Waals surface area contributed by atoms with Crippen molar-refractivity contribution in [2.45, 2.75) is 0 Å². The summed E-state index contributed by atoms with van der Waals surface area (Å²) >= 11 is 0. The van der Waals surface area contributed by atoms with E-state index in [1.165, 1.54) is 6.33 Å². The van der Waals surface area contributed by atoms with Gasteiger partial charge in [-0.2, -0.15) is 0 Å². The van der Waals surface area contributed by atoms with Crippen LogP contribution in [-0.2, 0) is 0 Å². The van der Waals surface area contributed by atoms with Gasteiger partial charge in [0, 0.05) is 11.5 Å². The minimum atomic E-state index is -0.950. The van der Waals surface area contributed by atoms with E-state index in [0.717, 1.165) is 12.1 Å². The molecule has 0 unspecified atom stereocenters. The van der Waals surface area contributed by atoms with Crippen molar-refractivity contribution in [2.75, 3.05) is 5.73 Å². The van der Waals surface area contributed by atoms with Crippen LogP contribution in [-0.4, -0.2) is 9.97 Å². The lowest BCUT2D eigenvalue weighted by Crippen LogP contribution is -1.95. The molecule has 2 rings (SSSR count). The van der Waals surface area contributed by atoms with Gasteiger partial charge in [-0.25, -0.2) is 18.7 Å². The Balaban J connectivity index is 2.89. The van der Waals surface area contributed by atoms with Crippen LogP contribution in [0.1, 0.15) is 0 Å². The number of rotatable bonds is 0. The summed E-state index contributed by atoms with van der Waals surface area (Å²) < 4.78 is 25.4. The van der Waals surface area contributed by atoms with Crippen molar-refractivity contribution >= 4 is 16.7 Å². The smallest absolute Gasteiger partial charge is 0.161 e. The number of hydrogen-bond acceptors (Lipinski definition) is 3. The third-order valence-electron chi connectivity index (χ3n) is 1.71. The van der Waals surface area contributed by atoms with Crippen molar-refractivity contribution in [3.05, 3.63) is 30.1 Å². The van der Waals surface area contributed by atoms with Gasteiger partial charge in [-0.1, -0.05) is 0 Å². The molecule has 3 nitrogen and oxygen atoms in total. The van der Waals surface area contributed by atoms with E-state index in [1.54, 1.807) is 0 Å². The van der Waals surface area contributed by atoms with Crippen molar-refractivity contribution in [3.8, 4) is 0 Å². The monoisotopic (exact) mass is 181 g/mol. The Morgan fingerprint density at radius 1 is 1.08 bits per heavy atom. The van der Waals surface area contributed by atoms with Gasteiger partial charge in [0.15, 0.2) is 11.6 Å². The summed E-state index contributed by atoms with van der Waals surface area (Å²) in [5.74, 6) is -1.75. The number of anilines is 1. The molecule has 1 heterocycles. The Kier molecular flexibility index (Phi) is 1.58. The highest BCUT2D eigenvalue weighted by Gasteiger charge is 2.06. The van der Waals surface area contributed by atoms with Gasteiger partial charge >= 0.3 is 0 Å². The van der Waals surface area contributed by atoms with E-state index >= 15 is 0 Å². The maximum absolute atomic E-state index is 12.7. The zero-order valence-corrected chi connectivity index (χ0v) is 6.46. The van der Waals surface area contributed by atoms with Crippen molar-refractivity contribution in [2.24, 2.45) is 0 Å². The molecule has 0 amide bonds. The van der Waals surface area contributed by atoms with Crippen molar-refractivity contribution in [3.63, 3.8) is 0 Å². The minimum Gasteiger partial charge on any atom is -0.383 e. The Bertz CT molecular complexity index is 470. The molecular weight excluding hydrogens is 176 g/mol. The first-order valence-electron chi connectivity index (χ1n) is 3.53. The largest absolute Gasteiger partial charge is 0.383 e. The molecular formula is C8H5F2N3. The van der Waals surface area contributed by atoms with Crippen LogP contribution < -0.4 is 5.73 Å². The topological polar surface area (TPSA) is 51.8 Å². The Hall–Kier alpha value is -1.78. The lowest BCUT2D eigenvalue weighted by Gasteiger charge is -1.99. The molecule has 0 saturated carbocycles. The zero-order valence-electron chi connectivity index (χ0n) is 6.46. The number of hydrogen-bond donors (Lipinski definition) is 1. The fraction of sp³-hybridized carbons (Fsp3) is 0. The number of halogens is 2. The minimum absolute atomic E-state index is 0.143. The maximum Gasteiger partial charge on any atom is 0.161 e. The van der Waals surface area contributed by atoms with E-state index in [0.29, 0.717) is 10.9 Å². The molecule has 0 aliphatic rings. The van der Waals surface area contributed by atoms with Gasteiger partial charge in [0.25, 0.3) is 0 Å². The first-order chi connectivity index (χ1) is 6.18. The van der Waals surface area contributed by atoms with Gasteiger partial charge < -0.3 is 5.73 Å². The highest BCUT2D eigenvalue weighted by atomic mass is 19.2. The quantitative estimate of drug-likeness (QED) is 0.669. The number of nitrogens with two attached hydrogens (primary N) is 1. The van der Waals surface area contributed by atoms with E-state index in [1.807, 2.05) is 0 Å². The summed E-state index contributed by atoms with van der Waals surface area (Å²) in [6.45, 7) is 0. The number of nitrogens with zero attached hydrogens (tertiary/aromatic N) is 2. The molecule has 0 atom stereocenters. The number of benzene rings is 1. The second-order valence-electron chi connectivity index (χ2n) is 2.54. The van der Waals surface area contributed by atoms with Crippen LogP contribution in [0.25, 0.3) is 10.9 Å². The van der Waals surface area contributed by atoms with Gasteiger partial charge in [0.1, 0.15) is 12.1 Å². The Labute approximate surface area is 72.2 Å². The highest BCUT2D eigenvalue weighted by Crippen LogP contribution is 2.19. The average molecular weight is 181 g/mol. The van der Waals surface area contributed by atoms with Crippen LogP contribution in [0, 0.1) is 11.6 Å². The molecule has 0 radical (unpaired) electrons. The highest BCUT2D eigenvalue weighted by molar-refractivity contribution is 5.87. The van der Waals surface area contributed by atoms with Crippen LogP contribution >= 0.6 is 0 Å². The molecule has 5 heteroatoms. The van der Waals surface area contributed by atoms with Crippen molar-refractivity contribution in [1.82, 2.24) is 9.97 Å². The first-order valence-corrected chi connectivity index (χ1v) is 3.53. The standard InChI is InChI=1S/C8H5F2N3/c9-5-1-4-7(2-6(5)10)12-3-13-8(4)11/h1-3H,(H2,11,12,13). The molecule has 1 aromatic heterocycles.